The Kier molecular flexibility index (Phi) is 7.03. The summed E-state index contributed by atoms with van der Waals surface area (Å²) in [4.78, 5) is 13.3. The van der Waals surface area contributed by atoms with Gasteiger partial charge in [-0.3, -0.25) is 9.20 Å². The number of sulfonamides is 1. The molecule has 0 spiro atoms. The second-order valence-corrected chi connectivity index (χ2v) is 10.6. The Labute approximate surface area is 187 Å². The maximum absolute atomic E-state index is 13.2. The largest absolute Gasteiger partial charge is 0.342 e. The third kappa shape index (κ3) is 4.76. The first-order chi connectivity index (χ1) is 14.7. The summed E-state index contributed by atoms with van der Waals surface area (Å²) in [5.74, 6) is 1.11. The van der Waals surface area contributed by atoms with E-state index in [-0.39, 0.29) is 16.8 Å². The van der Waals surface area contributed by atoms with Crippen LogP contribution in [0.3, 0.4) is 0 Å². The number of pyridine rings is 1. The standard InChI is InChI=1S/C21H27N5O3S2/c1-14-12-16(13-18(15(14)2)31(28,29)25(3)4)21(27)22-17(9-11-30-5)20-24-23-19-8-6-7-10-26(19)20/h6-8,10,12-13,17H,9,11H2,1-5H3,(H,22,27). The Morgan fingerprint density at radius 2 is 1.97 bits per heavy atom. The van der Waals surface area contributed by atoms with E-state index in [1.165, 1.54) is 20.2 Å². The van der Waals surface area contributed by atoms with Crippen molar-refractivity contribution >= 4 is 33.3 Å². The third-order valence-corrected chi connectivity index (χ3v) is 7.79. The summed E-state index contributed by atoms with van der Waals surface area (Å²) in [5, 5.41) is 11.5. The van der Waals surface area contributed by atoms with Gasteiger partial charge in [0.05, 0.1) is 10.9 Å². The lowest BCUT2D eigenvalue weighted by Gasteiger charge is -2.19. The first kappa shape index (κ1) is 23.2. The maximum atomic E-state index is 13.2. The molecule has 0 saturated carbocycles. The third-order valence-electron chi connectivity index (χ3n) is 5.21. The lowest BCUT2D eigenvalue weighted by molar-refractivity contribution is 0.0933. The number of amides is 1. The zero-order valence-electron chi connectivity index (χ0n) is 18.3. The van der Waals surface area contributed by atoms with Gasteiger partial charge >= 0.3 is 0 Å². The second kappa shape index (κ2) is 9.37. The monoisotopic (exact) mass is 461 g/mol. The summed E-state index contributed by atoms with van der Waals surface area (Å²) in [7, 11) is -0.721. The summed E-state index contributed by atoms with van der Waals surface area (Å²) >= 11 is 1.68. The average molecular weight is 462 g/mol. The predicted octanol–water partition coefficient (Wildman–Crippen LogP) is 2.82. The molecule has 3 aromatic rings. The van der Waals surface area contributed by atoms with Crippen LogP contribution in [0.25, 0.3) is 5.65 Å². The van der Waals surface area contributed by atoms with Crippen LogP contribution in [0.2, 0.25) is 0 Å². The van der Waals surface area contributed by atoms with E-state index in [1.54, 1.807) is 31.7 Å². The molecule has 3 rings (SSSR count). The van der Waals surface area contributed by atoms with E-state index in [0.29, 0.717) is 29.0 Å². The molecule has 1 N–H and O–H groups in total. The number of hydrogen-bond donors (Lipinski definition) is 1. The van der Waals surface area contributed by atoms with E-state index in [9.17, 15) is 13.2 Å². The highest BCUT2D eigenvalue weighted by Gasteiger charge is 2.25. The lowest BCUT2D eigenvalue weighted by atomic mass is 10.0. The molecule has 0 aliphatic heterocycles. The molecule has 1 atom stereocenters. The van der Waals surface area contributed by atoms with Gasteiger partial charge in [-0.05, 0) is 67.7 Å². The van der Waals surface area contributed by atoms with Crippen molar-refractivity contribution < 1.29 is 13.2 Å². The normalized spacial score (nSPS) is 13.0. The maximum Gasteiger partial charge on any atom is 0.251 e. The minimum atomic E-state index is -3.68. The fourth-order valence-electron chi connectivity index (χ4n) is 3.26. The second-order valence-electron chi connectivity index (χ2n) is 7.50. The van der Waals surface area contributed by atoms with E-state index < -0.39 is 10.0 Å². The summed E-state index contributed by atoms with van der Waals surface area (Å²) in [6, 6.07) is 8.41. The van der Waals surface area contributed by atoms with Gasteiger partial charge in [-0.25, -0.2) is 12.7 Å². The minimum absolute atomic E-state index is 0.135. The smallest absolute Gasteiger partial charge is 0.251 e. The number of nitrogens with zero attached hydrogens (tertiary/aromatic N) is 4. The van der Waals surface area contributed by atoms with Crippen LogP contribution in [-0.4, -0.2) is 59.3 Å². The SMILES string of the molecule is CSCCC(NC(=O)c1cc(C)c(C)c(S(=O)(=O)N(C)C)c1)c1nnc2ccccn12. The number of rotatable bonds is 8. The van der Waals surface area contributed by atoms with Gasteiger partial charge in [-0.15, -0.1) is 10.2 Å². The first-order valence-electron chi connectivity index (χ1n) is 9.80. The van der Waals surface area contributed by atoms with Crippen molar-refractivity contribution in [2.45, 2.75) is 31.2 Å². The number of benzene rings is 1. The molecule has 0 bridgehead atoms. The van der Waals surface area contributed by atoms with E-state index in [2.05, 4.69) is 15.5 Å². The fraction of sp³-hybridized carbons (Fsp3) is 0.381. The summed E-state index contributed by atoms with van der Waals surface area (Å²) < 4.78 is 28.5. The molecule has 1 aromatic carbocycles. The molecule has 2 aromatic heterocycles. The number of carbonyl (C=O) groups is 1. The van der Waals surface area contributed by atoms with Crippen molar-refractivity contribution in [1.29, 1.82) is 0 Å². The molecule has 1 amide bonds. The molecular formula is C21H27N5O3S2. The predicted molar refractivity (Wildman–Crippen MR) is 123 cm³/mol. The number of thioether (sulfide) groups is 1. The molecule has 10 heteroatoms. The highest BCUT2D eigenvalue weighted by Crippen LogP contribution is 2.25. The molecule has 0 saturated heterocycles. The van der Waals surface area contributed by atoms with Gasteiger partial charge in [0.1, 0.15) is 0 Å². The van der Waals surface area contributed by atoms with Crippen LogP contribution in [0.4, 0.5) is 0 Å². The average Bonchev–Trinajstić information content (AvgIpc) is 3.16. The number of nitrogens with one attached hydrogen (secondary N) is 1. The van der Waals surface area contributed by atoms with Crippen molar-refractivity contribution in [1.82, 2.24) is 24.2 Å². The minimum Gasteiger partial charge on any atom is -0.342 e. The van der Waals surface area contributed by atoms with Crippen LogP contribution >= 0.6 is 11.8 Å². The molecular weight excluding hydrogens is 434 g/mol. The number of aromatic nitrogens is 3. The van der Waals surface area contributed by atoms with Crippen LogP contribution in [0.15, 0.2) is 41.4 Å². The fourth-order valence-corrected chi connectivity index (χ4v) is 4.95. The number of carbonyl (C=O) groups excluding carboxylic acids is 1. The van der Waals surface area contributed by atoms with Gasteiger partial charge in [-0.1, -0.05) is 6.07 Å². The van der Waals surface area contributed by atoms with Gasteiger partial charge in [-0.2, -0.15) is 11.8 Å². The molecule has 31 heavy (non-hydrogen) atoms. The van der Waals surface area contributed by atoms with Crippen LogP contribution in [-0.2, 0) is 10.0 Å². The number of aryl methyl sites for hydroxylation is 1. The molecule has 166 valence electrons. The zero-order valence-corrected chi connectivity index (χ0v) is 19.9. The van der Waals surface area contributed by atoms with E-state index >= 15 is 0 Å². The molecule has 0 radical (unpaired) electrons. The van der Waals surface area contributed by atoms with Crippen LogP contribution in [0, 0.1) is 13.8 Å². The highest BCUT2D eigenvalue weighted by atomic mass is 32.2. The Morgan fingerprint density at radius 1 is 1.23 bits per heavy atom. The molecule has 0 fully saturated rings. The zero-order chi connectivity index (χ0) is 22.8. The molecule has 8 nitrogen and oxygen atoms in total. The summed E-state index contributed by atoms with van der Waals surface area (Å²) in [6.45, 7) is 3.55. The van der Waals surface area contributed by atoms with Crippen molar-refractivity contribution in [3.05, 3.63) is 59.0 Å². The number of hydrogen-bond acceptors (Lipinski definition) is 6. The van der Waals surface area contributed by atoms with Gasteiger partial charge in [0, 0.05) is 25.9 Å². The van der Waals surface area contributed by atoms with Crippen molar-refractivity contribution in [2.24, 2.45) is 0 Å². The Morgan fingerprint density at radius 3 is 2.65 bits per heavy atom. The lowest BCUT2D eigenvalue weighted by Crippen LogP contribution is -2.31. The summed E-state index contributed by atoms with van der Waals surface area (Å²) in [5.41, 5.74) is 2.37. The van der Waals surface area contributed by atoms with Crippen molar-refractivity contribution in [3.8, 4) is 0 Å². The van der Waals surface area contributed by atoms with Crippen molar-refractivity contribution in [2.75, 3.05) is 26.1 Å². The van der Waals surface area contributed by atoms with Crippen LogP contribution in [0.1, 0.15) is 39.8 Å². The first-order valence-corrected chi connectivity index (χ1v) is 12.6. The Bertz CT molecular complexity index is 1200. The van der Waals surface area contributed by atoms with Gasteiger partial charge in [0.2, 0.25) is 10.0 Å². The molecule has 0 aliphatic carbocycles. The molecule has 0 aliphatic rings. The van der Waals surface area contributed by atoms with E-state index in [0.717, 1.165) is 15.6 Å². The Hall–Kier alpha value is -2.43. The van der Waals surface area contributed by atoms with Gasteiger partial charge in [0.25, 0.3) is 5.91 Å². The quantitative estimate of drug-likeness (QED) is 0.554. The van der Waals surface area contributed by atoms with Gasteiger partial charge < -0.3 is 5.32 Å². The molecule has 1 unspecified atom stereocenters. The Balaban J connectivity index is 1.98. The van der Waals surface area contributed by atoms with E-state index in [1.807, 2.05) is 35.1 Å². The number of fused-ring (bicyclic) bond motifs is 1. The molecule has 2 heterocycles. The summed E-state index contributed by atoms with van der Waals surface area (Å²) in [6.07, 6.45) is 4.53. The van der Waals surface area contributed by atoms with E-state index in [4.69, 9.17) is 0 Å². The highest BCUT2D eigenvalue weighted by molar-refractivity contribution is 7.98. The van der Waals surface area contributed by atoms with Crippen molar-refractivity contribution in [3.63, 3.8) is 0 Å². The topological polar surface area (TPSA) is 96.7 Å². The van der Waals surface area contributed by atoms with Crippen LogP contribution in [0.5, 0.6) is 0 Å². The van der Waals surface area contributed by atoms with Gasteiger partial charge in [0.15, 0.2) is 11.5 Å². The van der Waals surface area contributed by atoms with Crippen LogP contribution < -0.4 is 5.32 Å².